The Hall–Kier alpha value is -4.69. The number of benzene rings is 2. The summed E-state index contributed by atoms with van der Waals surface area (Å²) in [6.07, 6.45) is 7.93. The number of sulfone groups is 1. The molecular weight excluding hydrogens is 677 g/mol. The van der Waals surface area contributed by atoms with Gasteiger partial charge in [-0.25, -0.2) is 23.4 Å². The van der Waals surface area contributed by atoms with Gasteiger partial charge in [0.2, 0.25) is 20.9 Å². The van der Waals surface area contributed by atoms with Gasteiger partial charge in [0.1, 0.15) is 11.3 Å². The second-order valence-corrected chi connectivity index (χ2v) is 14.2. The van der Waals surface area contributed by atoms with Crippen molar-refractivity contribution in [3.63, 3.8) is 0 Å². The van der Waals surface area contributed by atoms with Crippen LogP contribution in [0.4, 0.5) is 5.95 Å². The van der Waals surface area contributed by atoms with Crippen molar-refractivity contribution in [2.24, 2.45) is 0 Å². The van der Waals surface area contributed by atoms with Crippen LogP contribution in [0.15, 0.2) is 87.8 Å². The van der Waals surface area contributed by atoms with Gasteiger partial charge in [-0.15, -0.1) is 0 Å². The highest BCUT2D eigenvalue weighted by atomic mass is 35.5. The molecule has 2 aromatic carbocycles. The van der Waals surface area contributed by atoms with Crippen LogP contribution in [0.1, 0.15) is 25.7 Å². The molecule has 0 unspecified atom stereocenters. The molecule has 1 fully saturated rings. The molecule has 1 saturated carbocycles. The van der Waals surface area contributed by atoms with Gasteiger partial charge in [0.05, 0.1) is 12.1 Å². The number of aromatic nitrogens is 6. The second-order valence-electron chi connectivity index (χ2n) is 11.5. The molecule has 0 atom stereocenters. The third-order valence-corrected chi connectivity index (χ3v) is 9.58. The molecule has 0 saturated heterocycles. The largest absolute Gasteiger partial charge is 0.394 e. The van der Waals surface area contributed by atoms with Crippen LogP contribution in [0.2, 0.25) is 10.0 Å². The smallest absolute Gasteiger partial charge is 0.257 e. The molecular formula is C33H29Cl2N7O5S. The van der Waals surface area contributed by atoms with Gasteiger partial charge in [-0.1, -0.05) is 72.4 Å². The van der Waals surface area contributed by atoms with E-state index in [0.29, 0.717) is 49.3 Å². The van der Waals surface area contributed by atoms with Gasteiger partial charge in [0.15, 0.2) is 0 Å². The van der Waals surface area contributed by atoms with Crippen molar-refractivity contribution < 1.29 is 13.5 Å². The van der Waals surface area contributed by atoms with E-state index in [1.807, 2.05) is 12.1 Å². The minimum atomic E-state index is -3.54. The number of aliphatic hydroxyl groups excluding tert-OH is 1. The highest BCUT2D eigenvalue weighted by Gasteiger charge is 2.33. The lowest BCUT2D eigenvalue weighted by molar-refractivity contribution is 0.213. The number of fused-ring (bicyclic) bond motifs is 2. The predicted molar refractivity (Wildman–Crippen MR) is 186 cm³/mol. The maximum Gasteiger partial charge on any atom is 0.257 e. The molecule has 0 bridgehead atoms. The maximum absolute atomic E-state index is 12.5. The van der Waals surface area contributed by atoms with Crippen molar-refractivity contribution in [1.82, 2.24) is 29.9 Å². The Morgan fingerprint density at radius 1 is 0.792 bits per heavy atom. The zero-order chi connectivity index (χ0) is 34.1. The maximum atomic E-state index is 12.5. The lowest BCUT2D eigenvalue weighted by atomic mass is 9.99. The van der Waals surface area contributed by atoms with Crippen molar-refractivity contribution in [3.8, 4) is 22.3 Å². The van der Waals surface area contributed by atoms with E-state index in [9.17, 15) is 23.1 Å². The highest BCUT2D eigenvalue weighted by molar-refractivity contribution is 7.90. The van der Waals surface area contributed by atoms with E-state index in [1.54, 1.807) is 54.7 Å². The molecule has 4 heterocycles. The average molecular weight is 707 g/mol. The lowest BCUT2D eigenvalue weighted by Crippen LogP contribution is -2.39. The monoisotopic (exact) mass is 705 g/mol. The van der Waals surface area contributed by atoms with Crippen LogP contribution in [-0.4, -0.2) is 61.8 Å². The van der Waals surface area contributed by atoms with E-state index in [-0.39, 0.29) is 28.5 Å². The van der Waals surface area contributed by atoms with Gasteiger partial charge >= 0.3 is 0 Å². The summed E-state index contributed by atoms with van der Waals surface area (Å²) in [5.41, 5.74) is 1.69. The van der Waals surface area contributed by atoms with Gasteiger partial charge in [-0.2, -0.15) is 4.98 Å². The van der Waals surface area contributed by atoms with Gasteiger partial charge in [0.25, 0.3) is 11.1 Å². The Labute approximate surface area is 284 Å². The highest BCUT2D eigenvalue weighted by Crippen LogP contribution is 2.32. The van der Waals surface area contributed by atoms with E-state index in [2.05, 4.69) is 35.2 Å². The molecule has 12 nitrogen and oxygen atoms in total. The van der Waals surface area contributed by atoms with E-state index < -0.39 is 15.4 Å². The summed E-state index contributed by atoms with van der Waals surface area (Å²) in [7, 11) is -3.54. The average Bonchev–Trinajstić information content (AvgIpc) is 3.53. The Morgan fingerprint density at radius 3 is 1.79 bits per heavy atom. The third-order valence-electron chi connectivity index (χ3n) is 8.06. The first-order valence-corrected chi connectivity index (χ1v) is 17.5. The number of nitrogens with one attached hydrogen (secondary N) is 3. The van der Waals surface area contributed by atoms with Crippen LogP contribution in [0, 0.1) is 0 Å². The molecule has 15 heteroatoms. The number of halogens is 2. The quantitative estimate of drug-likeness (QED) is 0.164. The van der Waals surface area contributed by atoms with Gasteiger partial charge in [-0.05, 0) is 37.1 Å². The van der Waals surface area contributed by atoms with Crippen molar-refractivity contribution >= 4 is 61.1 Å². The molecule has 7 rings (SSSR count). The van der Waals surface area contributed by atoms with Gasteiger partial charge in [-0.3, -0.25) is 9.59 Å². The standard InChI is InChI=1S/C19H19ClN4O2.C14H10ClN3O3S/c20-15-6-2-1-5-13(15)14-9-12-10-21-18(23-16(12)22-17(14)26)24-19(11-25)7-3-4-8-19;1-22(20,21)14-16-7-8-6-10(13(19)17-12(8)18-14)9-4-2-3-5-11(9)15/h1-2,5-6,9-10,25H,3-4,7-8,11H2,(H2,21,22,23,24,26);2-7H,1H3,(H,16,17,18,19). The molecule has 0 amide bonds. The summed E-state index contributed by atoms with van der Waals surface area (Å²) in [4.78, 5) is 46.6. The summed E-state index contributed by atoms with van der Waals surface area (Å²) in [5, 5.41) is 14.9. The fraction of sp³-hybridized carbons (Fsp3) is 0.212. The first-order chi connectivity index (χ1) is 23.0. The van der Waals surface area contributed by atoms with Crippen LogP contribution in [0.25, 0.3) is 44.3 Å². The topological polar surface area (TPSA) is 184 Å². The predicted octanol–water partition coefficient (Wildman–Crippen LogP) is 5.40. The zero-order valence-corrected chi connectivity index (χ0v) is 27.8. The molecule has 0 radical (unpaired) electrons. The summed E-state index contributed by atoms with van der Waals surface area (Å²) < 4.78 is 22.9. The molecule has 1 aliphatic rings. The number of aromatic amines is 2. The van der Waals surface area contributed by atoms with E-state index in [0.717, 1.165) is 37.3 Å². The summed E-state index contributed by atoms with van der Waals surface area (Å²) in [6.45, 7) is 0.0381. The number of aliphatic hydroxyl groups is 1. The first-order valence-electron chi connectivity index (χ1n) is 14.9. The van der Waals surface area contributed by atoms with Crippen LogP contribution in [-0.2, 0) is 9.84 Å². The van der Waals surface area contributed by atoms with E-state index in [4.69, 9.17) is 23.2 Å². The fourth-order valence-corrected chi connectivity index (χ4v) is 6.56. The van der Waals surface area contributed by atoms with Gasteiger partial charge in [0, 0.05) is 61.7 Å². The summed E-state index contributed by atoms with van der Waals surface area (Å²) in [6, 6.07) is 17.5. The normalized spacial score (nSPS) is 14.1. The van der Waals surface area contributed by atoms with E-state index >= 15 is 0 Å². The number of hydrogen-bond donors (Lipinski definition) is 4. The van der Waals surface area contributed by atoms with Crippen LogP contribution >= 0.6 is 23.2 Å². The Morgan fingerprint density at radius 2 is 1.29 bits per heavy atom. The number of pyridine rings is 2. The molecule has 1 aliphatic carbocycles. The summed E-state index contributed by atoms with van der Waals surface area (Å²) >= 11 is 12.3. The number of rotatable bonds is 6. The second kappa shape index (κ2) is 13.4. The van der Waals surface area contributed by atoms with Crippen molar-refractivity contribution in [2.75, 3.05) is 18.2 Å². The van der Waals surface area contributed by atoms with Crippen LogP contribution in [0.3, 0.4) is 0 Å². The lowest BCUT2D eigenvalue weighted by Gasteiger charge is -2.27. The molecule has 4 N–H and O–H groups in total. The Balaban J connectivity index is 0.000000170. The fourth-order valence-electron chi connectivity index (χ4n) is 5.58. The van der Waals surface area contributed by atoms with Crippen molar-refractivity contribution in [1.29, 1.82) is 0 Å². The Bertz CT molecular complexity index is 2390. The number of hydrogen-bond acceptors (Lipinski definition) is 10. The number of nitrogens with zero attached hydrogens (tertiary/aromatic N) is 4. The number of H-pyrrole nitrogens is 2. The molecule has 246 valence electrons. The van der Waals surface area contributed by atoms with Crippen LogP contribution in [0.5, 0.6) is 0 Å². The third kappa shape index (κ3) is 6.95. The van der Waals surface area contributed by atoms with E-state index in [1.165, 1.54) is 6.20 Å². The van der Waals surface area contributed by atoms with Crippen molar-refractivity contribution in [3.05, 3.63) is 104 Å². The van der Waals surface area contributed by atoms with Crippen LogP contribution < -0.4 is 16.4 Å². The summed E-state index contributed by atoms with van der Waals surface area (Å²) in [5.74, 6) is 0.412. The molecule has 4 aromatic heterocycles. The Kier molecular flexibility index (Phi) is 9.30. The molecule has 48 heavy (non-hydrogen) atoms. The zero-order valence-electron chi connectivity index (χ0n) is 25.5. The van der Waals surface area contributed by atoms with Crippen molar-refractivity contribution in [2.45, 2.75) is 36.4 Å². The number of anilines is 1. The minimum Gasteiger partial charge on any atom is -0.394 e. The molecule has 0 spiro atoms. The first kappa shape index (κ1) is 33.2. The van der Waals surface area contributed by atoms with Gasteiger partial charge < -0.3 is 20.4 Å². The molecule has 0 aliphatic heterocycles. The minimum absolute atomic E-state index is 0.0381. The molecule has 6 aromatic rings. The SMILES string of the molecule is CS(=O)(=O)c1ncc2cc(-c3ccccc3Cl)c(=O)[nH]c2n1.O=c1[nH]c2nc(NC3(CO)CCCC3)ncc2cc1-c1ccccc1Cl.